The zero-order chi connectivity index (χ0) is 11.5. The lowest BCUT2D eigenvalue weighted by Crippen LogP contribution is -2.25. The van der Waals surface area contributed by atoms with Crippen LogP contribution in [0.1, 0.15) is 59.3 Å². The third-order valence-corrected chi connectivity index (χ3v) is 2.64. The molecule has 0 bridgehead atoms. The summed E-state index contributed by atoms with van der Waals surface area (Å²) in [6, 6.07) is 0. The fraction of sp³-hybridized carbons (Fsp3) is 0.786. The van der Waals surface area contributed by atoms with Crippen molar-refractivity contribution < 1.29 is 0 Å². The normalized spacial score (nSPS) is 9.80. The number of nitrogens with zero attached hydrogens (tertiary/aromatic N) is 1. The van der Waals surface area contributed by atoms with Gasteiger partial charge in [-0.2, -0.15) is 0 Å². The van der Waals surface area contributed by atoms with Gasteiger partial charge in [0, 0.05) is 13.1 Å². The topological polar surface area (TPSA) is 3.24 Å². The second-order valence-corrected chi connectivity index (χ2v) is 4.07. The molecule has 0 unspecified atom stereocenters. The van der Waals surface area contributed by atoms with Crippen molar-refractivity contribution in [3.8, 4) is 0 Å². The first kappa shape index (κ1) is 14.3. The first-order valence-electron chi connectivity index (χ1n) is 6.43. The van der Waals surface area contributed by atoms with Crippen LogP contribution in [-0.4, -0.2) is 18.0 Å². The molecule has 0 N–H and O–H groups in total. The monoisotopic (exact) mass is 209 g/mol. The molecule has 0 heterocycles. The van der Waals surface area contributed by atoms with Crippen molar-refractivity contribution >= 4 is 0 Å². The highest BCUT2D eigenvalue weighted by molar-refractivity contribution is 4.98. The first-order valence-corrected chi connectivity index (χ1v) is 6.43. The van der Waals surface area contributed by atoms with Crippen molar-refractivity contribution in [2.75, 3.05) is 13.1 Å². The highest BCUT2D eigenvalue weighted by Gasteiger charge is 2.06. The second kappa shape index (κ2) is 9.86. The Morgan fingerprint density at radius 3 is 1.87 bits per heavy atom. The maximum absolute atomic E-state index is 3.81. The quantitative estimate of drug-likeness (QED) is 0.510. The van der Waals surface area contributed by atoms with Crippen molar-refractivity contribution in [2.45, 2.75) is 59.3 Å². The summed E-state index contributed by atoms with van der Waals surface area (Å²) in [7, 11) is 0. The average Bonchev–Trinajstić information content (AvgIpc) is 2.27. The van der Waals surface area contributed by atoms with Crippen LogP contribution in [0, 0.1) is 0 Å². The van der Waals surface area contributed by atoms with Gasteiger partial charge >= 0.3 is 0 Å². The van der Waals surface area contributed by atoms with Crippen LogP contribution in [-0.2, 0) is 0 Å². The Labute approximate surface area is 95.9 Å². The van der Waals surface area contributed by atoms with Gasteiger partial charge in [0.2, 0.25) is 0 Å². The molecule has 0 aromatic rings. The standard InChI is InChI=1S/C14H27N/c1-5-9-12-15(13-10-6-2)14(8-4)11-7-3/h4-7,9-13H2,1-3H3. The molecule has 0 spiro atoms. The lowest BCUT2D eigenvalue weighted by Gasteiger charge is -2.25. The van der Waals surface area contributed by atoms with E-state index >= 15 is 0 Å². The maximum Gasteiger partial charge on any atom is 0.0557 e. The zero-order valence-corrected chi connectivity index (χ0v) is 10.8. The Morgan fingerprint density at radius 2 is 1.53 bits per heavy atom. The van der Waals surface area contributed by atoms with Gasteiger partial charge in [-0.05, 0) is 19.3 Å². The molecule has 0 rings (SSSR count). The van der Waals surface area contributed by atoms with Crippen LogP contribution in [0.4, 0.5) is 0 Å². The maximum atomic E-state index is 3.81. The van der Waals surface area contributed by atoms with Crippen LogP contribution >= 0.6 is 0 Å². The minimum atomic E-state index is 1.12. The van der Waals surface area contributed by atoms with E-state index in [2.05, 4.69) is 38.0 Å². The Balaban J connectivity index is 4.23. The molecule has 15 heavy (non-hydrogen) atoms. The molecule has 0 aliphatic heterocycles. The molecule has 0 aromatic heterocycles. The van der Waals surface area contributed by atoms with E-state index in [-0.39, 0.29) is 0 Å². The number of unbranched alkanes of at least 4 members (excludes halogenated alkanes) is 2. The molecule has 0 aromatic carbocycles. The fourth-order valence-corrected chi connectivity index (χ4v) is 1.67. The van der Waals surface area contributed by atoms with Crippen LogP contribution in [0.15, 0.2) is 18.0 Å². The van der Waals surface area contributed by atoms with Gasteiger partial charge in [-0.1, -0.05) is 46.6 Å². The summed E-state index contributed by atoms with van der Waals surface area (Å²) in [5, 5.41) is 0. The van der Waals surface area contributed by atoms with E-state index in [1.807, 2.05) is 0 Å². The van der Waals surface area contributed by atoms with Gasteiger partial charge in [0.15, 0.2) is 0 Å². The molecular formula is C14H27N. The Bertz CT molecular complexity index is 182. The Kier molecular flexibility index (Phi) is 9.41. The van der Waals surface area contributed by atoms with Crippen molar-refractivity contribution in [3.05, 3.63) is 18.0 Å². The molecule has 0 amide bonds. The van der Waals surface area contributed by atoms with Crippen LogP contribution in [0.3, 0.4) is 0 Å². The molecule has 0 saturated carbocycles. The second-order valence-electron chi connectivity index (χ2n) is 4.07. The number of hydrogen-bond acceptors (Lipinski definition) is 1. The van der Waals surface area contributed by atoms with Crippen LogP contribution < -0.4 is 0 Å². The van der Waals surface area contributed by atoms with E-state index < -0.39 is 0 Å². The first-order chi connectivity index (χ1) is 7.29. The summed E-state index contributed by atoms with van der Waals surface area (Å²) < 4.78 is 0. The summed E-state index contributed by atoms with van der Waals surface area (Å²) >= 11 is 0. The number of rotatable bonds is 9. The van der Waals surface area contributed by atoms with E-state index in [9.17, 15) is 0 Å². The molecule has 1 nitrogen and oxygen atoms in total. The van der Waals surface area contributed by atoms with Gasteiger partial charge in [0.25, 0.3) is 0 Å². The Hall–Kier alpha value is -0.680. The van der Waals surface area contributed by atoms with Crippen LogP contribution in [0.2, 0.25) is 0 Å². The Morgan fingerprint density at radius 1 is 1.00 bits per heavy atom. The molecule has 0 saturated heterocycles. The van der Waals surface area contributed by atoms with E-state index in [4.69, 9.17) is 0 Å². The molecule has 0 radical (unpaired) electrons. The third-order valence-electron chi connectivity index (χ3n) is 2.64. The number of allylic oxidation sites excluding steroid dienone is 1. The lowest BCUT2D eigenvalue weighted by atomic mass is 10.2. The fourth-order valence-electron chi connectivity index (χ4n) is 1.67. The predicted octanol–water partition coefficient (Wildman–Crippen LogP) is 4.36. The minimum Gasteiger partial charge on any atom is -0.369 e. The van der Waals surface area contributed by atoms with E-state index in [0.29, 0.717) is 0 Å². The zero-order valence-electron chi connectivity index (χ0n) is 10.8. The molecular weight excluding hydrogens is 182 g/mol. The minimum absolute atomic E-state index is 1.12. The van der Waals surface area contributed by atoms with Crippen molar-refractivity contribution in [1.29, 1.82) is 0 Å². The van der Waals surface area contributed by atoms with Gasteiger partial charge in [0.05, 0.1) is 5.70 Å². The SMILES string of the molecule is C=C=C(CCC)N(CCCC)CCCC. The summed E-state index contributed by atoms with van der Waals surface area (Å²) in [4.78, 5) is 2.48. The van der Waals surface area contributed by atoms with E-state index in [1.54, 1.807) is 0 Å². The van der Waals surface area contributed by atoms with Crippen molar-refractivity contribution in [3.63, 3.8) is 0 Å². The average molecular weight is 209 g/mol. The van der Waals surface area contributed by atoms with E-state index in [1.165, 1.54) is 50.9 Å². The van der Waals surface area contributed by atoms with Gasteiger partial charge in [-0.15, -0.1) is 5.73 Å². The summed E-state index contributed by atoms with van der Waals surface area (Å²) in [5.41, 5.74) is 4.43. The molecule has 88 valence electrons. The summed E-state index contributed by atoms with van der Waals surface area (Å²) in [6.07, 6.45) is 7.39. The van der Waals surface area contributed by atoms with Gasteiger partial charge < -0.3 is 4.90 Å². The van der Waals surface area contributed by atoms with Gasteiger partial charge in [0.1, 0.15) is 0 Å². The van der Waals surface area contributed by atoms with Crippen molar-refractivity contribution in [2.24, 2.45) is 0 Å². The molecule has 0 fully saturated rings. The predicted molar refractivity (Wildman–Crippen MR) is 69.0 cm³/mol. The summed E-state index contributed by atoms with van der Waals surface area (Å²) in [5.74, 6) is 0. The van der Waals surface area contributed by atoms with Gasteiger partial charge in [-0.25, -0.2) is 0 Å². The summed E-state index contributed by atoms with van der Waals surface area (Å²) in [6.45, 7) is 12.9. The van der Waals surface area contributed by atoms with Gasteiger partial charge in [-0.3, -0.25) is 0 Å². The molecule has 0 atom stereocenters. The highest BCUT2D eigenvalue weighted by Crippen LogP contribution is 2.12. The third kappa shape index (κ3) is 6.41. The molecule has 0 aliphatic carbocycles. The van der Waals surface area contributed by atoms with E-state index in [0.717, 1.165) is 6.42 Å². The smallest absolute Gasteiger partial charge is 0.0557 e. The molecule has 1 heteroatoms. The van der Waals surface area contributed by atoms with Crippen LogP contribution in [0.5, 0.6) is 0 Å². The molecule has 0 aliphatic rings. The largest absolute Gasteiger partial charge is 0.369 e. The number of hydrogen-bond donors (Lipinski definition) is 0. The highest BCUT2D eigenvalue weighted by atomic mass is 15.1. The lowest BCUT2D eigenvalue weighted by molar-refractivity contribution is 0.320. The van der Waals surface area contributed by atoms with Crippen LogP contribution in [0.25, 0.3) is 0 Å². The van der Waals surface area contributed by atoms with Crippen molar-refractivity contribution in [1.82, 2.24) is 4.90 Å².